The van der Waals surface area contributed by atoms with Crippen LogP contribution in [0, 0.1) is 24.7 Å². The number of aliphatic hydroxyl groups is 1. The van der Waals surface area contributed by atoms with E-state index in [1.807, 2.05) is 25.1 Å². The van der Waals surface area contributed by atoms with Crippen molar-refractivity contribution < 1.29 is 14.6 Å². The number of aliphatic hydroxyl groups excluding tert-OH is 1. The lowest BCUT2D eigenvalue weighted by molar-refractivity contribution is -0.123. The molecular formula is C16H19NO3. The van der Waals surface area contributed by atoms with E-state index >= 15 is 0 Å². The van der Waals surface area contributed by atoms with Crippen LogP contribution in [0.2, 0.25) is 0 Å². The first kappa shape index (κ1) is 14.6. The molecule has 106 valence electrons. The van der Waals surface area contributed by atoms with Crippen molar-refractivity contribution in [3.63, 3.8) is 0 Å². The van der Waals surface area contributed by atoms with Crippen LogP contribution < -0.4 is 5.32 Å². The molecule has 1 aliphatic rings. The smallest absolute Gasteiger partial charge is 0.229 e. The first-order valence-corrected chi connectivity index (χ1v) is 6.79. The van der Waals surface area contributed by atoms with Crippen molar-refractivity contribution >= 4 is 11.6 Å². The molecule has 0 radical (unpaired) electrons. The zero-order valence-corrected chi connectivity index (χ0v) is 11.6. The number of hydrogen-bond donors (Lipinski definition) is 2. The highest BCUT2D eigenvalue weighted by atomic mass is 16.5. The van der Waals surface area contributed by atoms with Gasteiger partial charge in [-0.25, -0.2) is 0 Å². The van der Waals surface area contributed by atoms with E-state index in [0.29, 0.717) is 6.61 Å². The monoisotopic (exact) mass is 273 g/mol. The van der Waals surface area contributed by atoms with Gasteiger partial charge in [-0.1, -0.05) is 11.8 Å². The molecule has 4 nitrogen and oxygen atoms in total. The van der Waals surface area contributed by atoms with E-state index in [4.69, 9.17) is 9.84 Å². The lowest BCUT2D eigenvalue weighted by Gasteiger charge is -2.21. The van der Waals surface area contributed by atoms with Gasteiger partial charge < -0.3 is 15.2 Å². The van der Waals surface area contributed by atoms with Crippen molar-refractivity contribution in [3.05, 3.63) is 29.3 Å². The summed E-state index contributed by atoms with van der Waals surface area (Å²) in [4.78, 5) is 12.1. The third-order valence-electron chi connectivity index (χ3n) is 3.33. The number of anilines is 1. The van der Waals surface area contributed by atoms with Gasteiger partial charge in [-0.3, -0.25) is 4.79 Å². The van der Waals surface area contributed by atoms with Gasteiger partial charge in [-0.05, 0) is 43.5 Å². The van der Waals surface area contributed by atoms with Gasteiger partial charge in [0, 0.05) is 17.9 Å². The van der Waals surface area contributed by atoms with Crippen molar-refractivity contribution in [1.29, 1.82) is 0 Å². The van der Waals surface area contributed by atoms with Gasteiger partial charge in [0.25, 0.3) is 0 Å². The molecule has 1 aromatic rings. The second kappa shape index (κ2) is 7.09. The Morgan fingerprint density at radius 2 is 2.40 bits per heavy atom. The molecule has 1 unspecified atom stereocenters. The topological polar surface area (TPSA) is 58.6 Å². The molecule has 0 saturated carbocycles. The van der Waals surface area contributed by atoms with Gasteiger partial charge >= 0.3 is 0 Å². The van der Waals surface area contributed by atoms with Crippen LogP contribution in [-0.2, 0) is 9.53 Å². The molecule has 20 heavy (non-hydrogen) atoms. The molecule has 1 fully saturated rings. The van der Waals surface area contributed by atoms with Gasteiger partial charge in [0.1, 0.15) is 6.61 Å². The largest absolute Gasteiger partial charge is 0.384 e. The Bertz CT molecular complexity index is 536. The van der Waals surface area contributed by atoms with Gasteiger partial charge in [0.2, 0.25) is 5.91 Å². The summed E-state index contributed by atoms with van der Waals surface area (Å²) < 4.78 is 5.33. The predicted octanol–water partition coefficient (Wildman–Crippen LogP) is 1.70. The van der Waals surface area contributed by atoms with E-state index in [9.17, 15) is 4.79 Å². The summed E-state index contributed by atoms with van der Waals surface area (Å²) in [5.74, 6) is 5.45. The van der Waals surface area contributed by atoms with E-state index in [1.165, 1.54) is 0 Å². The molecule has 0 aromatic heterocycles. The Labute approximate surface area is 119 Å². The lowest BCUT2D eigenvalue weighted by atomic mass is 10.0. The van der Waals surface area contributed by atoms with Crippen molar-refractivity contribution in [2.45, 2.75) is 19.8 Å². The molecule has 0 spiro atoms. The summed E-state index contributed by atoms with van der Waals surface area (Å²) in [5, 5.41) is 11.6. The highest BCUT2D eigenvalue weighted by Crippen LogP contribution is 2.18. The van der Waals surface area contributed by atoms with Crippen LogP contribution in [0.15, 0.2) is 18.2 Å². The predicted molar refractivity (Wildman–Crippen MR) is 77.3 cm³/mol. The van der Waals surface area contributed by atoms with Crippen molar-refractivity contribution in [2.24, 2.45) is 5.92 Å². The third kappa shape index (κ3) is 3.83. The molecule has 1 saturated heterocycles. The summed E-state index contributed by atoms with van der Waals surface area (Å²) in [6.45, 7) is 3.03. The Hall–Kier alpha value is -1.83. The van der Waals surface area contributed by atoms with Crippen molar-refractivity contribution in [3.8, 4) is 11.8 Å². The Balaban J connectivity index is 2.02. The number of benzene rings is 1. The molecule has 2 rings (SSSR count). The van der Waals surface area contributed by atoms with E-state index in [1.54, 1.807) is 0 Å². The Kier molecular flexibility index (Phi) is 5.16. The molecular weight excluding hydrogens is 254 g/mol. The molecule has 1 aliphatic heterocycles. The van der Waals surface area contributed by atoms with Crippen LogP contribution in [0.3, 0.4) is 0 Å². The maximum atomic E-state index is 12.1. The minimum Gasteiger partial charge on any atom is -0.384 e. The van der Waals surface area contributed by atoms with Gasteiger partial charge in [0.05, 0.1) is 12.5 Å². The average molecular weight is 273 g/mol. The Morgan fingerprint density at radius 1 is 1.55 bits per heavy atom. The summed E-state index contributed by atoms with van der Waals surface area (Å²) in [5.41, 5.74) is 2.61. The third-order valence-corrected chi connectivity index (χ3v) is 3.33. The SMILES string of the molecule is Cc1cc(NC(=O)C2CCCOC2)ccc1C#CCO. The first-order valence-electron chi connectivity index (χ1n) is 6.79. The van der Waals surface area contributed by atoms with Gasteiger partial charge in [0.15, 0.2) is 0 Å². The van der Waals surface area contributed by atoms with Gasteiger partial charge in [-0.15, -0.1) is 0 Å². The number of carbonyl (C=O) groups excluding carboxylic acids is 1. The number of amides is 1. The normalized spacial score (nSPS) is 18.0. The molecule has 0 bridgehead atoms. The van der Waals surface area contributed by atoms with Crippen LogP contribution in [-0.4, -0.2) is 30.8 Å². The molecule has 4 heteroatoms. The molecule has 0 aliphatic carbocycles. The highest BCUT2D eigenvalue weighted by molar-refractivity contribution is 5.92. The second-order valence-corrected chi connectivity index (χ2v) is 4.89. The van der Waals surface area contributed by atoms with E-state index < -0.39 is 0 Å². The zero-order chi connectivity index (χ0) is 14.4. The standard InChI is InChI=1S/C16H19NO3/c1-12-10-15(7-6-13(12)4-2-8-18)17-16(19)14-5-3-9-20-11-14/h6-7,10,14,18H,3,5,8-9,11H2,1H3,(H,17,19). The fourth-order valence-electron chi connectivity index (χ4n) is 2.21. The van der Waals surface area contributed by atoms with Crippen LogP contribution in [0.4, 0.5) is 5.69 Å². The number of carbonyl (C=O) groups is 1. The van der Waals surface area contributed by atoms with Crippen molar-refractivity contribution in [2.75, 3.05) is 25.1 Å². The lowest BCUT2D eigenvalue weighted by Crippen LogP contribution is -2.30. The molecule has 1 aromatic carbocycles. The highest BCUT2D eigenvalue weighted by Gasteiger charge is 2.21. The number of rotatable bonds is 2. The summed E-state index contributed by atoms with van der Waals surface area (Å²) in [6, 6.07) is 5.57. The number of ether oxygens (including phenoxy) is 1. The van der Waals surface area contributed by atoms with Crippen LogP contribution >= 0.6 is 0 Å². The fraction of sp³-hybridized carbons (Fsp3) is 0.438. The zero-order valence-electron chi connectivity index (χ0n) is 11.6. The summed E-state index contributed by atoms with van der Waals surface area (Å²) >= 11 is 0. The van der Waals surface area contributed by atoms with Crippen LogP contribution in [0.5, 0.6) is 0 Å². The maximum Gasteiger partial charge on any atom is 0.229 e. The summed E-state index contributed by atoms with van der Waals surface area (Å²) in [6.07, 6.45) is 1.82. The quantitative estimate of drug-likeness (QED) is 0.806. The van der Waals surface area contributed by atoms with E-state index in [-0.39, 0.29) is 18.4 Å². The molecule has 1 atom stereocenters. The maximum absolute atomic E-state index is 12.1. The first-order chi connectivity index (χ1) is 9.70. The fourth-order valence-corrected chi connectivity index (χ4v) is 2.21. The average Bonchev–Trinajstić information content (AvgIpc) is 2.47. The minimum absolute atomic E-state index is 0.0123. The Morgan fingerprint density at radius 3 is 3.05 bits per heavy atom. The number of nitrogens with one attached hydrogen (secondary N) is 1. The number of aryl methyl sites for hydroxylation is 1. The number of hydrogen-bond acceptors (Lipinski definition) is 3. The van der Waals surface area contributed by atoms with Gasteiger partial charge in [-0.2, -0.15) is 0 Å². The van der Waals surface area contributed by atoms with Crippen LogP contribution in [0.1, 0.15) is 24.0 Å². The van der Waals surface area contributed by atoms with Crippen LogP contribution in [0.25, 0.3) is 0 Å². The minimum atomic E-state index is -0.153. The molecule has 1 amide bonds. The van der Waals surface area contributed by atoms with Crippen molar-refractivity contribution in [1.82, 2.24) is 0 Å². The van der Waals surface area contributed by atoms with E-state index in [2.05, 4.69) is 17.2 Å². The van der Waals surface area contributed by atoms with E-state index in [0.717, 1.165) is 36.3 Å². The second-order valence-electron chi connectivity index (χ2n) is 4.89. The summed E-state index contributed by atoms with van der Waals surface area (Å²) in [7, 11) is 0. The molecule has 1 heterocycles. The molecule has 2 N–H and O–H groups in total.